The Bertz CT molecular complexity index is 1380. The van der Waals surface area contributed by atoms with Crippen molar-refractivity contribution in [3.05, 3.63) is 77.1 Å². The van der Waals surface area contributed by atoms with Gasteiger partial charge in [0, 0.05) is 37.9 Å². The van der Waals surface area contributed by atoms with Gasteiger partial charge in [0.2, 0.25) is 11.9 Å². The first-order valence-corrected chi connectivity index (χ1v) is 14.6. The molecule has 222 valence electrons. The molecule has 3 heterocycles. The van der Waals surface area contributed by atoms with Crippen LogP contribution < -0.4 is 20.1 Å². The molecule has 2 saturated heterocycles. The number of hydrogen-bond acceptors (Lipinski definition) is 8. The summed E-state index contributed by atoms with van der Waals surface area (Å²) < 4.78 is 11.0. The van der Waals surface area contributed by atoms with Gasteiger partial charge in [0.05, 0.1) is 30.8 Å². The van der Waals surface area contributed by atoms with Crippen molar-refractivity contribution in [3.63, 3.8) is 0 Å². The minimum absolute atomic E-state index is 0.0564. The summed E-state index contributed by atoms with van der Waals surface area (Å²) in [4.78, 5) is 39.0. The van der Waals surface area contributed by atoms with E-state index in [4.69, 9.17) is 20.2 Å². The van der Waals surface area contributed by atoms with Crippen LogP contribution in [-0.2, 0) is 24.1 Å². The quantitative estimate of drug-likeness (QED) is 0.354. The zero-order chi connectivity index (χ0) is 29.5. The number of anilines is 1. The first-order chi connectivity index (χ1) is 20.5. The second-order valence-electron chi connectivity index (χ2n) is 10.9. The highest BCUT2D eigenvalue weighted by Crippen LogP contribution is 2.33. The average molecular weight is 574 g/mol. The Kier molecular flexibility index (Phi) is 9.53. The monoisotopic (exact) mass is 573 g/mol. The molecule has 0 radical (unpaired) electrons. The van der Waals surface area contributed by atoms with Gasteiger partial charge >= 0.3 is 5.97 Å². The van der Waals surface area contributed by atoms with Crippen molar-refractivity contribution in [2.24, 2.45) is 11.7 Å². The molecule has 0 spiro atoms. The van der Waals surface area contributed by atoms with Gasteiger partial charge in [0.15, 0.2) is 0 Å². The summed E-state index contributed by atoms with van der Waals surface area (Å²) in [6.45, 7) is 2.99. The van der Waals surface area contributed by atoms with Crippen LogP contribution in [0.15, 0.2) is 54.7 Å². The number of nitrogens with two attached hydrogens (primary N) is 1. The van der Waals surface area contributed by atoms with Crippen molar-refractivity contribution in [2.45, 2.75) is 44.6 Å². The van der Waals surface area contributed by atoms with Crippen molar-refractivity contribution >= 4 is 17.8 Å². The molecule has 2 aliphatic rings. The fourth-order valence-corrected chi connectivity index (χ4v) is 6.05. The lowest BCUT2D eigenvalue weighted by Gasteiger charge is -2.30. The second kappa shape index (κ2) is 13.7. The molecule has 42 heavy (non-hydrogen) atoms. The van der Waals surface area contributed by atoms with Crippen LogP contribution in [0.25, 0.3) is 0 Å². The lowest BCUT2D eigenvalue weighted by molar-refractivity contribution is -0.132. The Morgan fingerprint density at radius 2 is 1.88 bits per heavy atom. The number of fused-ring (bicyclic) bond motifs is 1. The number of carboxylic acid groups (broad SMARTS) is 1. The number of amides is 1. The van der Waals surface area contributed by atoms with E-state index in [1.54, 1.807) is 7.11 Å². The van der Waals surface area contributed by atoms with E-state index in [9.17, 15) is 14.7 Å². The van der Waals surface area contributed by atoms with Crippen LogP contribution >= 0.6 is 0 Å². The normalized spacial score (nSPS) is 18.3. The molecular formula is C32H39N5O5. The molecule has 2 fully saturated rings. The van der Waals surface area contributed by atoms with E-state index < -0.39 is 5.97 Å². The van der Waals surface area contributed by atoms with Crippen molar-refractivity contribution in [3.8, 4) is 11.5 Å². The Morgan fingerprint density at radius 3 is 2.64 bits per heavy atom. The molecule has 3 N–H and O–H groups in total. The Labute approximate surface area is 246 Å². The number of ether oxygens (including phenoxy) is 2. The molecule has 0 bridgehead atoms. The summed E-state index contributed by atoms with van der Waals surface area (Å²) in [5.41, 5.74) is 8.06. The highest BCUT2D eigenvalue weighted by molar-refractivity contribution is 5.88. The van der Waals surface area contributed by atoms with Crippen LogP contribution in [0, 0.1) is 5.92 Å². The molecule has 10 heteroatoms. The molecular weight excluding hydrogens is 534 g/mol. The van der Waals surface area contributed by atoms with Crippen LogP contribution in [0.4, 0.5) is 5.95 Å². The minimum Gasteiger partial charge on any atom is -0.496 e. The van der Waals surface area contributed by atoms with E-state index in [2.05, 4.69) is 9.88 Å². The van der Waals surface area contributed by atoms with Crippen LogP contribution in [0.3, 0.4) is 0 Å². The maximum Gasteiger partial charge on any atom is 0.339 e. The molecule has 10 nitrogen and oxygen atoms in total. The number of rotatable bonds is 11. The van der Waals surface area contributed by atoms with E-state index in [1.165, 1.54) is 6.20 Å². The molecule has 3 aromatic rings. The van der Waals surface area contributed by atoms with E-state index in [-0.39, 0.29) is 17.5 Å². The first kappa shape index (κ1) is 29.3. The van der Waals surface area contributed by atoms with Gasteiger partial charge in [0.25, 0.3) is 0 Å². The third-order valence-corrected chi connectivity index (χ3v) is 8.21. The number of aromatic nitrogens is 2. The topological polar surface area (TPSA) is 131 Å². The smallest absolute Gasteiger partial charge is 0.339 e. The Morgan fingerprint density at radius 1 is 1.07 bits per heavy atom. The van der Waals surface area contributed by atoms with Crippen LogP contribution in [0.5, 0.6) is 11.5 Å². The van der Waals surface area contributed by atoms with Gasteiger partial charge in [-0.15, -0.1) is 0 Å². The largest absolute Gasteiger partial charge is 0.496 e. The lowest BCUT2D eigenvalue weighted by Crippen LogP contribution is -2.45. The zero-order valence-corrected chi connectivity index (χ0v) is 24.1. The van der Waals surface area contributed by atoms with Gasteiger partial charge in [-0.3, -0.25) is 4.79 Å². The summed E-state index contributed by atoms with van der Waals surface area (Å²) in [5, 5.41) is 9.82. The van der Waals surface area contributed by atoms with Crippen molar-refractivity contribution in [2.75, 3.05) is 44.8 Å². The molecule has 2 aromatic carbocycles. The third-order valence-electron chi connectivity index (χ3n) is 8.21. The van der Waals surface area contributed by atoms with E-state index in [0.717, 1.165) is 55.0 Å². The fourth-order valence-electron chi connectivity index (χ4n) is 6.05. The summed E-state index contributed by atoms with van der Waals surface area (Å²) in [6.07, 6.45) is 5.88. The van der Waals surface area contributed by atoms with Gasteiger partial charge < -0.3 is 30.1 Å². The van der Waals surface area contributed by atoms with Gasteiger partial charge in [-0.2, -0.15) is 0 Å². The molecule has 2 atom stereocenters. The van der Waals surface area contributed by atoms with Gasteiger partial charge in [-0.05, 0) is 55.4 Å². The molecule has 1 aromatic heterocycles. The van der Waals surface area contributed by atoms with Crippen LogP contribution in [0.2, 0.25) is 0 Å². The van der Waals surface area contributed by atoms with Gasteiger partial charge in [0.1, 0.15) is 18.1 Å². The van der Waals surface area contributed by atoms with Crippen LogP contribution in [-0.4, -0.2) is 77.8 Å². The summed E-state index contributed by atoms with van der Waals surface area (Å²) in [7, 11) is 1.62. The number of aryl methyl sites for hydroxylation is 2. The molecule has 5 rings (SSSR count). The number of para-hydroxylation sites is 1. The number of carbonyl (C=O) groups excluding carboxylic acids is 1. The predicted molar refractivity (Wildman–Crippen MR) is 159 cm³/mol. The standard InChI is InChI=1S/C32H39N5O5/c1-41-29-8-3-2-6-23(29)18-30(38)37-16-5-4-7-24-20-36(21-28(24)37)32-34-19-26(31(39)40)27(35-32)14-11-22-9-12-25(13-10-22)42-17-15-33/h2-3,6,8-10,12-13,19,24,28H,4-5,7,11,14-18,20-21,33H2,1H3,(H,39,40)/t24-,28+/m0/s1. The SMILES string of the molecule is COc1ccccc1CC(=O)N1CCCC[C@H]2CN(c3ncc(C(=O)O)c(CCc4ccc(OCCN)cc4)n3)C[C@H]21. The number of benzene rings is 2. The van der Waals surface area contributed by atoms with Crippen molar-refractivity contribution in [1.29, 1.82) is 0 Å². The average Bonchev–Trinajstić information content (AvgIpc) is 3.32. The molecule has 1 amide bonds. The van der Waals surface area contributed by atoms with E-state index in [1.807, 2.05) is 53.4 Å². The zero-order valence-electron chi connectivity index (χ0n) is 24.1. The van der Waals surface area contributed by atoms with Crippen molar-refractivity contribution < 1.29 is 24.2 Å². The van der Waals surface area contributed by atoms with Crippen molar-refractivity contribution in [1.82, 2.24) is 14.9 Å². The minimum atomic E-state index is -1.04. The van der Waals surface area contributed by atoms with E-state index in [0.29, 0.717) is 56.5 Å². The number of likely N-dealkylation sites (tertiary alicyclic amines) is 1. The number of carbonyl (C=O) groups is 2. The van der Waals surface area contributed by atoms with E-state index >= 15 is 0 Å². The highest BCUT2D eigenvalue weighted by Gasteiger charge is 2.40. The number of aromatic carboxylic acids is 1. The fraction of sp³-hybridized carbons (Fsp3) is 0.438. The number of nitrogens with zero attached hydrogens (tertiary/aromatic N) is 4. The Hall–Kier alpha value is -4.18. The molecule has 0 unspecified atom stereocenters. The lowest BCUT2D eigenvalue weighted by atomic mass is 9.98. The second-order valence-corrected chi connectivity index (χ2v) is 10.9. The summed E-state index contributed by atoms with van der Waals surface area (Å²) in [6, 6.07) is 15.4. The maximum absolute atomic E-state index is 13.6. The maximum atomic E-state index is 13.6. The van der Waals surface area contributed by atoms with Gasteiger partial charge in [-0.1, -0.05) is 36.8 Å². The number of carboxylic acids is 1. The summed E-state index contributed by atoms with van der Waals surface area (Å²) in [5.74, 6) is 1.36. The highest BCUT2D eigenvalue weighted by atomic mass is 16.5. The molecule has 2 aliphatic heterocycles. The van der Waals surface area contributed by atoms with Gasteiger partial charge in [-0.25, -0.2) is 14.8 Å². The number of hydrogen-bond donors (Lipinski definition) is 2. The predicted octanol–water partition coefficient (Wildman–Crippen LogP) is 3.37. The summed E-state index contributed by atoms with van der Waals surface area (Å²) >= 11 is 0. The Balaban J connectivity index is 1.30. The molecule has 0 aliphatic carbocycles. The number of methoxy groups -OCH3 is 1. The molecule has 0 saturated carbocycles. The first-order valence-electron chi connectivity index (χ1n) is 14.6. The third kappa shape index (κ3) is 6.82. The van der Waals surface area contributed by atoms with Crippen LogP contribution in [0.1, 0.15) is 46.4 Å².